The molecule has 0 aromatic rings. The molecule has 1 heterocycles. The van der Waals surface area contributed by atoms with E-state index in [1.807, 2.05) is 0 Å². The quantitative estimate of drug-likeness (QED) is 0.376. The van der Waals surface area contributed by atoms with E-state index >= 15 is 0 Å². The minimum atomic E-state index is 0. The Bertz CT molecular complexity index is 204. The Kier molecular flexibility index (Phi) is 29.7. The molecule has 1 fully saturated rings. The summed E-state index contributed by atoms with van der Waals surface area (Å²) in [5.41, 5.74) is 0. The van der Waals surface area contributed by atoms with Gasteiger partial charge in [-0.05, 0) is 12.8 Å². The standard InChI is InChI=1S/C14H31N3.C4H9.2ClH.Cu/c1-3-5-7-13-11-15-9-10-16-14(12-17-13)8-6-4-2;1-3-4-2;;;/h13-17H,3-12H2,1-2H3;1,3-4H2,2H3;2*1H;/q;;;;+2/p-2. The van der Waals surface area contributed by atoms with Crippen molar-refractivity contribution in [2.24, 2.45) is 0 Å². The SMILES string of the molecule is CCCCC1CNCCNC(CCCC)CN1.CCC[CH2][Cu+2].[Cl-].[Cl-]. The van der Waals surface area contributed by atoms with Gasteiger partial charge < -0.3 is 40.8 Å². The molecule has 1 saturated heterocycles. The zero-order valence-corrected chi connectivity index (χ0v) is 18.4. The molecule has 24 heavy (non-hydrogen) atoms. The molecule has 3 N–H and O–H groups in total. The summed E-state index contributed by atoms with van der Waals surface area (Å²) in [6.45, 7) is 11.2. The number of unbranched alkanes of at least 4 members (excludes halogenated alkanes) is 3. The van der Waals surface area contributed by atoms with Gasteiger partial charge in [-0.3, -0.25) is 0 Å². The van der Waals surface area contributed by atoms with Crippen molar-refractivity contribution in [2.75, 3.05) is 26.2 Å². The van der Waals surface area contributed by atoms with Gasteiger partial charge in [0.05, 0.1) is 0 Å². The van der Waals surface area contributed by atoms with Crippen LogP contribution in [-0.4, -0.2) is 38.3 Å². The van der Waals surface area contributed by atoms with Crippen molar-refractivity contribution in [3.63, 3.8) is 0 Å². The van der Waals surface area contributed by atoms with Crippen LogP contribution in [0.4, 0.5) is 0 Å². The van der Waals surface area contributed by atoms with E-state index in [4.69, 9.17) is 16.0 Å². The zero-order chi connectivity index (χ0) is 16.5. The number of rotatable bonds is 8. The van der Waals surface area contributed by atoms with Crippen LogP contribution in [0.3, 0.4) is 0 Å². The summed E-state index contributed by atoms with van der Waals surface area (Å²) >= 11 is 4.77. The van der Waals surface area contributed by atoms with E-state index in [9.17, 15) is 0 Å². The number of halogens is 2. The fourth-order valence-electron chi connectivity index (χ4n) is 2.51. The molecule has 152 valence electrons. The average molecular weight is 433 g/mol. The van der Waals surface area contributed by atoms with Gasteiger partial charge >= 0.3 is 41.1 Å². The normalized spacial score (nSPS) is 21.0. The Morgan fingerprint density at radius 3 is 1.75 bits per heavy atom. The Hall–Kier alpha value is 0.979. The summed E-state index contributed by atoms with van der Waals surface area (Å²) in [4.78, 5) is 0. The molecule has 6 heteroatoms. The van der Waals surface area contributed by atoms with E-state index in [0.717, 1.165) is 31.5 Å². The third kappa shape index (κ3) is 19.3. The second kappa shape index (κ2) is 24.0. The Morgan fingerprint density at radius 1 is 0.750 bits per heavy atom. The minimum absolute atomic E-state index is 0. The average Bonchev–Trinajstić information content (AvgIpc) is 2.64. The van der Waals surface area contributed by atoms with Crippen LogP contribution in [0.5, 0.6) is 0 Å². The van der Waals surface area contributed by atoms with E-state index < -0.39 is 0 Å². The van der Waals surface area contributed by atoms with Crippen LogP contribution in [0.2, 0.25) is 5.32 Å². The van der Waals surface area contributed by atoms with Crippen molar-refractivity contribution in [3.8, 4) is 0 Å². The van der Waals surface area contributed by atoms with Crippen LogP contribution < -0.4 is 40.8 Å². The van der Waals surface area contributed by atoms with Crippen LogP contribution in [0.15, 0.2) is 0 Å². The van der Waals surface area contributed by atoms with Gasteiger partial charge in [-0.15, -0.1) is 0 Å². The van der Waals surface area contributed by atoms with Crippen LogP contribution in [0.1, 0.15) is 72.1 Å². The van der Waals surface area contributed by atoms with Crippen LogP contribution in [-0.2, 0) is 16.0 Å². The van der Waals surface area contributed by atoms with Crippen LogP contribution in [0.25, 0.3) is 0 Å². The summed E-state index contributed by atoms with van der Waals surface area (Å²) < 4.78 is 0. The smallest absolute Gasteiger partial charge is 1.00 e. The maximum absolute atomic E-state index is 4.77. The summed E-state index contributed by atoms with van der Waals surface area (Å²) in [6.07, 6.45) is 10.3. The number of hydrogen-bond acceptors (Lipinski definition) is 3. The van der Waals surface area contributed by atoms with Gasteiger partial charge in [0.15, 0.2) is 0 Å². The molecule has 0 radical (unpaired) electrons. The van der Waals surface area contributed by atoms with Gasteiger partial charge in [-0.25, -0.2) is 0 Å². The van der Waals surface area contributed by atoms with E-state index in [0.29, 0.717) is 12.1 Å². The van der Waals surface area contributed by atoms with E-state index in [1.54, 1.807) is 0 Å². The Labute approximate surface area is 172 Å². The zero-order valence-electron chi connectivity index (χ0n) is 15.9. The van der Waals surface area contributed by atoms with Gasteiger partial charge in [0.25, 0.3) is 0 Å². The monoisotopic (exact) mass is 431 g/mol. The van der Waals surface area contributed by atoms with Crippen molar-refractivity contribution in [2.45, 2.75) is 89.5 Å². The molecule has 1 aliphatic rings. The summed E-state index contributed by atoms with van der Waals surface area (Å²) in [6, 6.07) is 1.33. The second-order valence-corrected chi connectivity index (χ2v) is 6.72. The van der Waals surface area contributed by atoms with E-state index in [-0.39, 0.29) is 24.8 Å². The maximum Gasteiger partial charge on any atom is -1.00 e. The summed E-state index contributed by atoms with van der Waals surface area (Å²) in [5, 5.41) is 11.8. The van der Waals surface area contributed by atoms with Crippen LogP contribution in [0, 0.1) is 0 Å². The second-order valence-electron chi connectivity index (χ2n) is 6.25. The first kappa shape index (κ1) is 29.7. The molecule has 2 atom stereocenters. The molecule has 0 aromatic carbocycles. The molecular weight excluding hydrogens is 393 g/mol. The van der Waals surface area contributed by atoms with E-state index in [1.165, 1.54) is 51.4 Å². The minimum Gasteiger partial charge on any atom is -1.00 e. The molecule has 0 aromatic heterocycles. The van der Waals surface area contributed by atoms with Crippen molar-refractivity contribution >= 4 is 0 Å². The van der Waals surface area contributed by atoms with E-state index in [2.05, 4.69) is 36.7 Å². The topological polar surface area (TPSA) is 36.1 Å². The predicted molar refractivity (Wildman–Crippen MR) is 95.2 cm³/mol. The van der Waals surface area contributed by atoms with Crippen LogP contribution >= 0.6 is 0 Å². The third-order valence-electron chi connectivity index (χ3n) is 4.05. The summed E-state index contributed by atoms with van der Waals surface area (Å²) in [7, 11) is 0. The first-order chi connectivity index (χ1) is 10.8. The molecule has 0 saturated carbocycles. The fraction of sp³-hybridized carbons (Fsp3) is 1.00. The fourth-order valence-corrected chi connectivity index (χ4v) is 2.84. The maximum atomic E-state index is 4.77. The molecule has 1 rings (SSSR count). The Balaban J connectivity index is -0.000000554. The summed E-state index contributed by atoms with van der Waals surface area (Å²) in [5.74, 6) is 0. The molecule has 0 amide bonds. The van der Waals surface area contributed by atoms with Gasteiger partial charge in [0.2, 0.25) is 0 Å². The molecule has 0 bridgehead atoms. The first-order valence-corrected chi connectivity index (χ1v) is 10.1. The molecule has 2 unspecified atom stereocenters. The van der Waals surface area contributed by atoms with Crippen molar-refractivity contribution in [1.82, 2.24) is 16.0 Å². The van der Waals surface area contributed by atoms with Gasteiger partial charge in [-0.2, -0.15) is 0 Å². The number of nitrogens with one attached hydrogen (secondary N) is 3. The number of hydrogen-bond donors (Lipinski definition) is 3. The van der Waals surface area contributed by atoms with Gasteiger partial charge in [0, 0.05) is 38.3 Å². The van der Waals surface area contributed by atoms with Crippen molar-refractivity contribution in [1.29, 1.82) is 0 Å². The molecule has 0 spiro atoms. The molecule has 3 nitrogen and oxygen atoms in total. The molecule has 1 aliphatic heterocycles. The van der Waals surface area contributed by atoms with Gasteiger partial charge in [-0.1, -0.05) is 39.5 Å². The molecule has 0 aliphatic carbocycles. The van der Waals surface area contributed by atoms with Crippen molar-refractivity contribution < 1.29 is 40.8 Å². The van der Waals surface area contributed by atoms with Crippen molar-refractivity contribution in [3.05, 3.63) is 0 Å². The largest absolute Gasteiger partial charge is 1.00 e. The van der Waals surface area contributed by atoms with Gasteiger partial charge in [0.1, 0.15) is 0 Å². The third-order valence-corrected chi connectivity index (χ3v) is 4.38. The molecular formula is C18H40Cl2CuN3. The first-order valence-electron chi connectivity index (χ1n) is 9.46. The Morgan fingerprint density at radius 2 is 1.29 bits per heavy atom. The predicted octanol–water partition coefficient (Wildman–Crippen LogP) is -2.35.